The van der Waals surface area contributed by atoms with Crippen LogP contribution in [0.15, 0.2) is 18.2 Å². The smallest absolute Gasteiger partial charge is 0.126 e. The molecule has 19 heavy (non-hydrogen) atoms. The zero-order valence-electron chi connectivity index (χ0n) is 10.9. The van der Waals surface area contributed by atoms with Gasteiger partial charge >= 0.3 is 0 Å². The van der Waals surface area contributed by atoms with E-state index in [1.807, 2.05) is 0 Å². The van der Waals surface area contributed by atoms with Crippen LogP contribution >= 0.6 is 24.8 Å². The lowest BCUT2D eigenvalue weighted by atomic mass is 10.0. The molecule has 110 valence electrons. The minimum Gasteiger partial charge on any atom is -0.314 e. The molecule has 0 amide bonds. The molecule has 1 N–H and O–H groups in total. The fourth-order valence-corrected chi connectivity index (χ4v) is 2.47. The highest BCUT2D eigenvalue weighted by atomic mass is 35.5. The van der Waals surface area contributed by atoms with Crippen LogP contribution in [0.4, 0.5) is 8.78 Å². The van der Waals surface area contributed by atoms with Gasteiger partial charge in [0, 0.05) is 38.3 Å². The Morgan fingerprint density at radius 3 is 2.11 bits per heavy atom. The molecule has 0 spiro atoms. The Morgan fingerprint density at radius 2 is 1.63 bits per heavy atom. The van der Waals surface area contributed by atoms with Crippen LogP contribution in [0.5, 0.6) is 0 Å². The highest BCUT2D eigenvalue weighted by Gasteiger charge is 2.21. The standard InChI is InChI=1S/C13H18F2N2.2ClH/c1-2-13(17-5-3-16-4-6-17)10-7-11(14)9-12(15)8-10;;/h7-9,13,16H,2-6H2,1H3;2*1H/t13-;;/m0../s1. The minimum absolute atomic E-state index is 0. The van der Waals surface area contributed by atoms with E-state index in [1.54, 1.807) is 0 Å². The molecule has 1 atom stereocenters. The van der Waals surface area contributed by atoms with E-state index in [4.69, 9.17) is 0 Å². The summed E-state index contributed by atoms with van der Waals surface area (Å²) >= 11 is 0. The zero-order chi connectivity index (χ0) is 12.3. The summed E-state index contributed by atoms with van der Waals surface area (Å²) in [6, 6.07) is 3.93. The SMILES string of the molecule is CC[C@@H](c1cc(F)cc(F)c1)N1CCNCC1.Cl.Cl. The zero-order valence-corrected chi connectivity index (χ0v) is 12.5. The van der Waals surface area contributed by atoms with Gasteiger partial charge in [-0.15, -0.1) is 24.8 Å². The van der Waals surface area contributed by atoms with Crippen LogP contribution < -0.4 is 5.32 Å². The molecule has 2 nitrogen and oxygen atoms in total. The topological polar surface area (TPSA) is 15.3 Å². The number of rotatable bonds is 3. The summed E-state index contributed by atoms with van der Waals surface area (Å²) in [5.41, 5.74) is 0.743. The Hall–Kier alpha value is -0.420. The lowest BCUT2D eigenvalue weighted by Gasteiger charge is -2.34. The van der Waals surface area contributed by atoms with Gasteiger partial charge in [0.2, 0.25) is 0 Å². The monoisotopic (exact) mass is 312 g/mol. The maximum Gasteiger partial charge on any atom is 0.126 e. The van der Waals surface area contributed by atoms with Crippen LogP contribution in [-0.4, -0.2) is 31.1 Å². The quantitative estimate of drug-likeness (QED) is 0.922. The molecule has 1 heterocycles. The van der Waals surface area contributed by atoms with Crippen molar-refractivity contribution in [3.05, 3.63) is 35.4 Å². The summed E-state index contributed by atoms with van der Waals surface area (Å²) in [6.07, 6.45) is 0.864. The molecule has 0 bridgehead atoms. The molecule has 2 rings (SSSR count). The summed E-state index contributed by atoms with van der Waals surface area (Å²) in [4.78, 5) is 2.28. The Kier molecular flexibility index (Phi) is 8.50. The first-order valence-corrected chi connectivity index (χ1v) is 6.11. The van der Waals surface area contributed by atoms with Gasteiger partial charge in [-0.25, -0.2) is 8.78 Å². The van der Waals surface area contributed by atoms with Gasteiger partial charge in [-0.3, -0.25) is 4.90 Å². The average Bonchev–Trinajstić information content (AvgIpc) is 2.30. The molecule has 1 aliphatic rings. The van der Waals surface area contributed by atoms with E-state index in [0.717, 1.165) is 44.2 Å². The predicted octanol–water partition coefficient (Wildman–Crippen LogP) is 3.16. The number of nitrogens with one attached hydrogen (secondary N) is 1. The molecule has 1 aliphatic heterocycles. The summed E-state index contributed by atoms with van der Waals surface area (Å²) in [7, 11) is 0. The summed E-state index contributed by atoms with van der Waals surface area (Å²) < 4.78 is 26.4. The highest BCUT2D eigenvalue weighted by molar-refractivity contribution is 5.85. The Bertz CT molecular complexity index is 365. The maximum atomic E-state index is 13.2. The van der Waals surface area contributed by atoms with Crippen molar-refractivity contribution in [2.45, 2.75) is 19.4 Å². The third-order valence-electron chi connectivity index (χ3n) is 3.25. The number of hydrogen-bond acceptors (Lipinski definition) is 2. The highest BCUT2D eigenvalue weighted by Crippen LogP contribution is 2.25. The normalized spacial score (nSPS) is 17.2. The van der Waals surface area contributed by atoms with Crippen molar-refractivity contribution in [3.63, 3.8) is 0 Å². The molecule has 0 aliphatic carbocycles. The summed E-state index contributed by atoms with van der Waals surface area (Å²) in [5, 5.41) is 3.28. The average molecular weight is 313 g/mol. The molecule has 1 saturated heterocycles. The van der Waals surface area contributed by atoms with E-state index < -0.39 is 11.6 Å². The predicted molar refractivity (Wildman–Crippen MR) is 78.3 cm³/mol. The molecular weight excluding hydrogens is 293 g/mol. The molecule has 0 aromatic heterocycles. The van der Waals surface area contributed by atoms with Crippen molar-refractivity contribution in [2.24, 2.45) is 0 Å². The van der Waals surface area contributed by atoms with Crippen molar-refractivity contribution in [1.29, 1.82) is 0 Å². The first kappa shape index (κ1) is 18.6. The molecule has 0 radical (unpaired) electrons. The van der Waals surface area contributed by atoms with Gasteiger partial charge in [-0.05, 0) is 24.1 Å². The molecule has 0 unspecified atom stereocenters. The maximum absolute atomic E-state index is 13.2. The van der Waals surface area contributed by atoms with E-state index in [9.17, 15) is 8.78 Å². The fourth-order valence-electron chi connectivity index (χ4n) is 2.47. The Morgan fingerprint density at radius 1 is 1.11 bits per heavy atom. The molecular formula is C13H20Cl2F2N2. The number of piperazine rings is 1. The van der Waals surface area contributed by atoms with Gasteiger partial charge < -0.3 is 5.32 Å². The van der Waals surface area contributed by atoms with Crippen LogP contribution in [-0.2, 0) is 0 Å². The van der Waals surface area contributed by atoms with E-state index in [2.05, 4.69) is 17.1 Å². The van der Waals surface area contributed by atoms with E-state index in [0.29, 0.717) is 0 Å². The lowest BCUT2D eigenvalue weighted by molar-refractivity contribution is 0.169. The third kappa shape index (κ3) is 4.88. The molecule has 1 aromatic rings. The molecule has 6 heteroatoms. The van der Waals surface area contributed by atoms with Crippen molar-refractivity contribution < 1.29 is 8.78 Å². The van der Waals surface area contributed by atoms with Gasteiger partial charge in [0.1, 0.15) is 11.6 Å². The van der Waals surface area contributed by atoms with Crippen LogP contribution in [0.2, 0.25) is 0 Å². The minimum atomic E-state index is -0.492. The second kappa shape index (κ2) is 8.69. The lowest BCUT2D eigenvalue weighted by Crippen LogP contribution is -2.45. The molecule has 0 saturated carbocycles. The van der Waals surface area contributed by atoms with Crippen molar-refractivity contribution in [2.75, 3.05) is 26.2 Å². The number of nitrogens with zero attached hydrogens (tertiary/aromatic N) is 1. The first-order valence-electron chi connectivity index (χ1n) is 6.11. The van der Waals surface area contributed by atoms with E-state index in [-0.39, 0.29) is 30.9 Å². The second-order valence-corrected chi connectivity index (χ2v) is 4.41. The number of halogens is 4. The fraction of sp³-hybridized carbons (Fsp3) is 0.538. The second-order valence-electron chi connectivity index (χ2n) is 4.41. The van der Waals surface area contributed by atoms with Gasteiger partial charge in [0.15, 0.2) is 0 Å². The van der Waals surface area contributed by atoms with Gasteiger partial charge in [-0.2, -0.15) is 0 Å². The first-order chi connectivity index (χ1) is 8.20. The van der Waals surface area contributed by atoms with Gasteiger partial charge in [0.25, 0.3) is 0 Å². The summed E-state index contributed by atoms with van der Waals surface area (Å²) in [6.45, 7) is 5.78. The molecule has 1 aromatic carbocycles. The van der Waals surface area contributed by atoms with Crippen molar-refractivity contribution >= 4 is 24.8 Å². The number of hydrogen-bond donors (Lipinski definition) is 1. The van der Waals surface area contributed by atoms with Crippen LogP contribution in [0, 0.1) is 11.6 Å². The Labute approximate surface area is 125 Å². The van der Waals surface area contributed by atoms with Crippen LogP contribution in [0.3, 0.4) is 0 Å². The Balaban J connectivity index is 0.00000162. The summed E-state index contributed by atoms with van der Waals surface area (Å²) in [5.74, 6) is -0.984. The van der Waals surface area contributed by atoms with Crippen LogP contribution in [0.25, 0.3) is 0 Å². The van der Waals surface area contributed by atoms with Gasteiger partial charge in [-0.1, -0.05) is 6.92 Å². The molecule has 1 fully saturated rings. The van der Waals surface area contributed by atoms with Gasteiger partial charge in [0.05, 0.1) is 0 Å². The third-order valence-corrected chi connectivity index (χ3v) is 3.25. The van der Waals surface area contributed by atoms with E-state index in [1.165, 1.54) is 12.1 Å². The van der Waals surface area contributed by atoms with Crippen molar-refractivity contribution in [3.8, 4) is 0 Å². The largest absolute Gasteiger partial charge is 0.314 e. The van der Waals surface area contributed by atoms with E-state index >= 15 is 0 Å². The van der Waals surface area contributed by atoms with Crippen molar-refractivity contribution in [1.82, 2.24) is 10.2 Å². The number of benzene rings is 1. The van der Waals surface area contributed by atoms with Crippen LogP contribution in [0.1, 0.15) is 24.9 Å².